The maximum atomic E-state index is 2.50. The fourth-order valence-corrected chi connectivity index (χ4v) is 12.7. The fraction of sp³-hybridized carbons (Fsp3) is 0. The molecule has 11 rings (SSSR count). The molecule has 257 valence electrons. The van der Waals surface area contributed by atoms with Gasteiger partial charge in [-0.1, -0.05) is 169 Å². The average molecular weight is 733 g/mol. The van der Waals surface area contributed by atoms with Crippen molar-refractivity contribution in [3.8, 4) is 33.4 Å². The number of nitrogens with zero attached hydrogens (tertiary/aromatic N) is 1. The molecule has 0 N–H and O–H groups in total. The van der Waals surface area contributed by atoms with E-state index in [0.29, 0.717) is 0 Å². The molecule has 1 aromatic heterocycles. The van der Waals surface area contributed by atoms with Crippen molar-refractivity contribution < 1.29 is 0 Å². The summed E-state index contributed by atoms with van der Waals surface area (Å²) < 4.78 is 2.72. The van der Waals surface area contributed by atoms with Gasteiger partial charge >= 0.3 is 0 Å². The molecular weight excluding hydrogens is 699 g/mol. The van der Waals surface area contributed by atoms with Crippen LogP contribution in [0.2, 0.25) is 0 Å². The van der Waals surface area contributed by atoms with Gasteiger partial charge in [-0.15, -0.1) is 11.3 Å². The van der Waals surface area contributed by atoms with Gasteiger partial charge in [0.2, 0.25) is 0 Å². The van der Waals surface area contributed by atoms with Crippen molar-refractivity contribution in [2.45, 2.75) is 0 Å². The lowest BCUT2D eigenvalue weighted by Crippen LogP contribution is -2.48. The van der Waals surface area contributed by atoms with Crippen LogP contribution in [0.5, 0.6) is 0 Å². The maximum Gasteiger partial charge on any atom is 0.156 e. The van der Waals surface area contributed by atoms with Gasteiger partial charge in [0.1, 0.15) is 0 Å². The highest BCUT2D eigenvalue weighted by molar-refractivity contribution is 7.26. The number of benzene rings is 9. The van der Waals surface area contributed by atoms with Crippen LogP contribution >= 0.6 is 11.3 Å². The first-order chi connectivity index (χ1) is 27.3. The second-order valence-electron chi connectivity index (χ2n) is 14.3. The Hall–Kier alpha value is -6.52. The van der Waals surface area contributed by atoms with Crippen LogP contribution in [-0.4, -0.2) is 8.80 Å². The minimum atomic E-state index is -1.21. The van der Waals surface area contributed by atoms with Gasteiger partial charge in [-0.25, -0.2) is 0 Å². The van der Waals surface area contributed by atoms with Crippen molar-refractivity contribution in [1.29, 1.82) is 0 Å². The largest absolute Gasteiger partial charge is 0.310 e. The molecule has 1 aliphatic heterocycles. The Balaban J connectivity index is 1.03. The topological polar surface area (TPSA) is 3.24 Å². The number of rotatable bonds is 6. The molecule has 0 saturated heterocycles. The zero-order chi connectivity index (χ0) is 36.3. The van der Waals surface area contributed by atoms with E-state index in [1.165, 1.54) is 79.9 Å². The Labute approximate surface area is 326 Å². The van der Waals surface area contributed by atoms with Crippen molar-refractivity contribution in [2.24, 2.45) is 0 Å². The highest BCUT2D eigenvalue weighted by Gasteiger charge is 2.34. The normalized spacial score (nSPS) is 12.3. The molecule has 0 amide bonds. The second kappa shape index (κ2) is 13.1. The van der Waals surface area contributed by atoms with E-state index < -0.39 is 8.80 Å². The van der Waals surface area contributed by atoms with Crippen LogP contribution in [0.4, 0.5) is 17.1 Å². The van der Waals surface area contributed by atoms with E-state index in [0.717, 1.165) is 17.1 Å². The van der Waals surface area contributed by atoms with Crippen LogP contribution in [0.1, 0.15) is 0 Å². The monoisotopic (exact) mass is 732 g/mol. The van der Waals surface area contributed by atoms with Gasteiger partial charge < -0.3 is 4.90 Å². The molecule has 3 heteroatoms. The molecule has 0 fully saturated rings. The van der Waals surface area contributed by atoms with Gasteiger partial charge in [-0.3, -0.25) is 0 Å². The Morgan fingerprint density at radius 2 is 1.00 bits per heavy atom. The number of anilines is 3. The zero-order valence-corrected chi connectivity index (χ0v) is 31.8. The molecule has 55 heavy (non-hydrogen) atoms. The lowest BCUT2D eigenvalue weighted by molar-refractivity contribution is 1.30. The minimum absolute atomic E-state index is 1.13. The van der Waals surface area contributed by atoms with Gasteiger partial charge in [-0.05, 0) is 91.6 Å². The maximum absolute atomic E-state index is 2.50. The standard InChI is InChI=1S/C52H34NSSi/c1-3-12-35(13-4-1)36-22-27-40(28-23-36)53(46-20-11-15-38-14-7-8-18-43(38)46)41-29-24-37(25-30-41)39-26-31-45-50(34-39)55(42-16-5-2-6-17-42)49-33-32-48-51(52(45)49)44-19-9-10-21-47(44)54-48/h1-34H. The molecule has 0 unspecified atom stereocenters. The zero-order valence-electron chi connectivity index (χ0n) is 30.0. The van der Waals surface area contributed by atoms with Crippen LogP contribution < -0.4 is 20.5 Å². The molecule has 1 radical (unpaired) electrons. The summed E-state index contributed by atoms with van der Waals surface area (Å²) in [5.41, 5.74) is 11.2. The third-order valence-corrected chi connectivity index (χ3v) is 15.1. The third kappa shape index (κ3) is 5.35. The van der Waals surface area contributed by atoms with Crippen molar-refractivity contribution in [3.05, 3.63) is 206 Å². The van der Waals surface area contributed by atoms with E-state index in [1.807, 2.05) is 11.3 Å². The summed E-state index contributed by atoms with van der Waals surface area (Å²) in [5.74, 6) is 0. The van der Waals surface area contributed by atoms with Crippen molar-refractivity contribution in [3.63, 3.8) is 0 Å². The molecule has 1 nitrogen and oxygen atoms in total. The highest BCUT2D eigenvalue weighted by Crippen LogP contribution is 2.43. The van der Waals surface area contributed by atoms with Crippen molar-refractivity contribution >= 4 is 83.7 Å². The van der Waals surface area contributed by atoms with E-state index >= 15 is 0 Å². The van der Waals surface area contributed by atoms with E-state index in [9.17, 15) is 0 Å². The van der Waals surface area contributed by atoms with Crippen LogP contribution in [0.15, 0.2) is 206 Å². The van der Waals surface area contributed by atoms with Gasteiger partial charge in [-0.2, -0.15) is 0 Å². The van der Waals surface area contributed by atoms with Crippen molar-refractivity contribution in [1.82, 2.24) is 0 Å². The molecule has 9 aromatic carbocycles. The number of hydrogen-bond acceptors (Lipinski definition) is 2. The van der Waals surface area contributed by atoms with Crippen LogP contribution in [0.3, 0.4) is 0 Å². The number of thiophene rings is 1. The Kier molecular flexibility index (Phi) is 7.61. The van der Waals surface area contributed by atoms with E-state index in [4.69, 9.17) is 0 Å². The van der Waals surface area contributed by atoms with Crippen LogP contribution in [0.25, 0.3) is 64.3 Å². The van der Waals surface area contributed by atoms with Gasteiger partial charge in [0.25, 0.3) is 0 Å². The number of hydrogen-bond donors (Lipinski definition) is 0. The molecule has 0 bridgehead atoms. The first-order valence-electron chi connectivity index (χ1n) is 18.8. The SMILES string of the molecule is c1ccc(-c2ccc(N(c3ccc(-c4ccc5c(c4)[Si](c4ccccc4)c4ccc6sc7ccccc7c6c4-5)cc3)c3cccc4ccccc34)cc2)cc1. The third-order valence-electron chi connectivity index (χ3n) is 11.1. The fourth-order valence-electron chi connectivity index (χ4n) is 8.58. The quantitative estimate of drug-likeness (QED) is 0.154. The van der Waals surface area contributed by atoms with E-state index in [-0.39, 0.29) is 0 Å². The van der Waals surface area contributed by atoms with Crippen LogP contribution in [0, 0.1) is 0 Å². The van der Waals surface area contributed by atoms with Gasteiger partial charge in [0, 0.05) is 36.9 Å². The molecule has 0 saturated carbocycles. The average Bonchev–Trinajstić information content (AvgIpc) is 3.80. The molecule has 10 aromatic rings. The van der Waals surface area contributed by atoms with Gasteiger partial charge in [0.15, 0.2) is 8.80 Å². The Bertz CT molecular complexity index is 3020. The predicted octanol–water partition coefficient (Wildman–Crippen LogP) is 12.5. The van der Waals surface area contributed by atoms with E-state index in [2.05, 4.69) is 211 Å². The lowest BCUT2D eigenvalue weighted by atomic mass is 9.97. The predicted molar refractivity (Wildman–Crippen MR) is 239 cm³/mol. The smallest absolute Gasteiger partial charge is 0.156 e. The van der Waals surface area contributed by atoms with Crippen LogP contribution in [-0.2, 0) is 0 Å². The van der Waals surface area contributed by atoms with Crippen molar-refractivity contribution in [2.75, 3.05) is 4.90 Å². The lowest BCUT2D eigenvalue weighted by Gasteiger charge is -2.27. The molecule has 0 spiro atoms. The summed E-state index contributed by atoms with van der Waals surface area (Å²) in [6.45, 7) is 0. The summed E-state index contributed by atoms with van der Waals surface area (Å²) in [5, 5.41) is 9.64. The highest BCUT2D eigenvalue weighted by atomic mass is 32.1. The Morgan fingerprint density at radius 3 is 1.76 bits per heavy atom. The second-order valence-corrected chi connectivity index (χ2v) is 17.7. The summed E-state index contributed by atoms with van der Waals surface area (Å²) in [6.07, 6.45) is 0. The summed E-state index contributed by atoms with van der Waals surface area (Å²) >= 11 is 1.91. The first-order valence-corrected chi connectivity index (χ1v) is 21.2. The Morgan fingerprint density at radius 1 is 0.400 bits per heavy atom. The van der Waals surface area contributed by atoms with Gasteiger partial charge in [0.05, 0.1) is 5.69 Å². The molecule has 0 atom stereocenters. The molecule has 1 aliphatic rings. The first kappa shape index (κ1) is 32.0. The molecule has 0 aliphatic carbocycles. The van der Waals surface area contributed by atoms with E-state index in [1.54, 1.807) is 0 Å². The molecular formula is C52H34NSSi. The summed E-state index contributed by atoms with van der Waals surface area (Å²) in [6, 6.07) is 76.1. The summed E-state index contributed by atoms with van der Waals surface area (Å²) in [4.78, 5) is 2.40. The summed E-state index contributed by atoms with van der Waals surface area (Å²) in [7, 11) is -1.21. The number of fused-ring (bicyclic) bond motifs is 8. The molecule has 2 heterocycles. The minimum Gasteiger partial charge on any atom is -0.310 e.